The van der Waals surface area contributed by atoms with Crippen LogP contribution < -0.4 is 21.3 Å². The molecule has 0 aliphatic rings. The first-order chi connectivity index (χ1) is 20.1. The fourth-order valence-corrected chi connectivity index (χ4v) is 4.39. The summed E-state index contributed by atoms with van der Waals surface area (Å²) in [6.07, 6.45) is 0.622. The minimum Gasteiger partial charge on any atom is -0.493 e. The first-order valence-electron chi connectivity index (χ1n) is 13.0. The number of aromatic nitrogens is 1. The number of carboxylic acids is 1. The van der Waals surface area contributed by atoms with Gasteiger partial charge in [-0.3, -0.25) is 19.0 Å². The number of ether oxygens (including phenoxy) is 1. The molecule has 8 nitrogen and oxygen atoms in total. The highest BCUT2D eigenvalue weighted by Crippen LogP contribution is 2.27. The van der Waals surface area contributed by atoms with E-state index in [0.717, 1.165) is 35.9 Å². The summed E-state index contributed by atoms with van der Waals surface area (Å²) in [5.74, 6) is -5.15. The molecule has 11 heteroatoms. The normalized spacial score (nSPS) is 11.7. The van der Waals surface area contributed by atoms with Crippen LogP contribution in [0.15, 0.2) is 77.6 Å². The smallest absolute Gasteiger partial charge is 0.321 e. The first kappa shape index (κ1) is 30.1. The average molecular weight is 580 g/mol. The molecule has 42 heavy (non-hydrogen) atoms. The third-order valence-electron chi connectivity index (χ3n) is 6.57. The second kappa shape index (κ2) is 13.2. The minimum atomic E-state index is -1.16. The Balaban J connectivity index is 1.45. The number of nitrogens with one attached hydrogen (secondary N) is 1. The van der Waals surface area contributed by atoms with Gasteiger partial charge in [0.15, 0.2) is 17.4 Å². The second-order valence-electron chi connectivity index (χ2n) is 9.57. The lowest BCUT2D eigenvalue weighted by atomic mass is 10.0. The summed E-state index contributed by atoms with van der Waals surface area (Å²) >= 11 is 0. The highest BCUT2D eigenvalue weighted by atomic mass is 19.1. The number of benzene rings is 3. The molecule has 0 bridgehead atoms. The molecule has 0 saturated heterocycles. The standard InChI is InChI=1S/C31H28F3N3O5/c1-18-14-20(8-10-23(18)32)29(39)22-9-11-27(38)37(30(22)35)28-24(33)16-21(17-25(28)34)42-13-5-12-36-26(31(40)41)15-19-6-3-2-4-7-19/h2-4,6-11,14,16-17,26,36H,5,12-13,15,35H2,1H3,(H,40,41). The van der Waals surface area contributed by atoms with Crippen LogP contribution in [0.25, 0.3) is 5.69 Å². The number of carbonyl (C=O) groups is 2. The van der Waals surface area contributed by atoms with Gasteiger partial charge >= 0.3 is 5.97 Å². The van der Waals surface area contributed by atoms with Crippen LogP contribution in [0, 0.1) is 24.4 Å². The number of pyridine rings is 1. The van der Waals surface area contributed by atoms with Gasteiger partial charge in [-0.15, -0.1) is 0 Å². The number of hydrogen-bond donors (Lipinski definition) is 3. The van der Waals surface area contributed by atoms with Gasteiger partial charge in [-0.1, -0.05) is 30.3 Å². The molecule has 1 heterocycles. The topological polar surface area (TPSA) is 124 Å². The maximum Gasteiger partial charge on any atom is 0.321 e. The molecule has 0 saturated carbocycles. The van der Waals surface area contributed by atoms with Gasteiger partial charge < -0.3 is 20.9 Å². The van der Waals surface area contributed by atoms with Crippen LogP contribution in [0.3, 0.4) is 0 Å². The monoisotopic (exact) mass is 579 g/mol. The molecule has 4 N–H and O–H groups in total. The van der Waals surface area contributed by atoms with E-state index in [1.807, 2.05) is 30.3 Å². The number of nitrogens with two attached hydrogens (primary N) is 1. The number of aliphatic carboxylic acids is 1. The molecule has 0 spiro atoms. The van der Waals surface area contributed by atoms with Crippen molar-refractivity contribution < 1.29 is 32.6 Å². The summed E-state index contributed by atoms with van der Waals surface area (Å²) < 4.78 is 50.0. The summed E-state index contributed by atoms with van der Waals surface area (Å²) in [5, 5.41) is 12.4. The molecule has 0 aliphatic carbocycles. The highest BCUT2D eigenvalue weighted by Gasteiger charge is 2.22. The summed E-state index contributed by atoms with van der Waals surface area (Å²) in [5.41, 5.74) is 5.36. The number of nitrogen functional groups attached to an aromatic ring is 1. The van der Waals surface area contributed by atoms with E-state index in [1.165, 1.54) is 19.1 Å². The Kier molecular flexibility index (Phi) is 9.43. The molecule has 0 fully saturated rings. The largest absolute Gasteiger partial charge is 0.493 e. The van der Waals surface area contributed by atoms with Gasteiger partial charge in [0.2, 0.25) is 0 Å². The number of halogens is 3. The molecule has 1 atom stereocenters. The predicted molar refractivity (Wildman–Crippen MR) is 151 cm³/mol. The third kappa shape index (κ3) is 6.87. The number of carboxylic acid groups (broad SMARTS) is 1. The van der Waals surface area contributed by atoms with Crippen molar-refractivity contribution in [2.24, 2.45) is 0 Å². The van der Waals surface area contributed by atoms with Crippen molar-refractivity contribution in [2.75, 3.05) is 18.9 Å². The van der Waals surface area contributed by atoms with Crippen LogP contribution in [0.5, 0.6) is 5.75 Å². The van der Waals surface area contributed by atoms with Crippen LogP contribution in [-0.4, -0.2) is 40.6 Å². The fourth-order valence-electron chi connectivity index (χ4n) is 4.39. The Morgan fingerprint density at radius 3 is 2.31 bits per heavy atom. The van der Waals surface area contributed by atoms with Gasteiger partial charge in [0.1, 0.15) is 29.1 Å². The van der Waals surface area contributed by atoms with E-state index in [2.05, 4.69) is 5.32 Å². The number of hydrogen-bond acceptors (Lipinski definition) is 6. The number of carbonyl (C=O) groups excluding carboxylic acids is 1. The van der Waals surface area contributed by atoms with Gasteiger partial charge in [0.25, 0.3) is 5.56 Å². The number of ketones is 1. The third-order valence-corrected chi connectivity index (χ3v) is 6.57. The zero-order valence-corrected chi connectivity index (χ0v) is 22.6. The number of aryl methyl sites for hydroxylation is 1. The second-order valence-corrected chi connectivity index (χ2v) is 9.57. The van der Waals surface area contributed by atoms with Crippen molar-refractivity contribution in [1.29, 1.82) is 0 Å². The van der Waals surface area contributed by atoms with E-state index in [-0.39, 0.29) is 42.0 Å². The quantitative estimate of drug-likeness (QED) is 0.168. The zero-order chi connectivity index (χ0) is 30.4. The van der Waals surface area contributed by atoms with E-state index in [9.17, 15) is 23.9 Å². The van der Waals surface area contributed by atoms with Gasteiger partial charge in [0, 0.05) is 23.8 Å². The van der Waals surface area contributed by atoms with Crippen molar-refractivity contribution >= 4 is 17.6 Å². The zero-order valence-electron chi connectivity index (χ0n) is 22.6. The van der Waals surface area contributed by atoms with Gasteiger partial charge in [-0.2, -0.15) is 0 Å². The van der Waals surface area contributed by atoms with E-state index in [4.69, 9.17) is 10.5 Å². The van der Waals surface area contributed by atoms with E-state index >= 15 is 8.78 Å². The molecule has 0 radical (unpaired) electrons. The first-order valence-corrected chi connectivity index (χ1v) is 13.0. The van der Waals surface area contributed by atoms with Gasteiger partial charge in [0.05, 0.1) is 12.2 Å². The van der Waals surface area contributed by atoms with Gasteiger partial charge in [-0.05, 0) is 61.7 Å². The summed E-state index contributed by atoms with van der Waals surface area (Å²) in [7, 11) is 0. The Morgan fingerprint density at radius 1 is 0.976 bits per heavy atom. The lowest BCUT2D eigenvalue weighted by molar-refractivity contribution is -0.139. The van der Waals surface area contributed by atoms with Crippen molar-refractivity contribution in [2.45, 2.75) is 25.8 Å². The molecule has 0 amide bonds. The summed E-state index contributed by atoms with van der Waals surface area (Å²) in [6, 6.07) is 15.8. The predicted octanol–water partition coefficient (Wildman–Crippen LogP) is 4.43. The number of anilines is 1. The van der Waals surface area contributed by atoms with Crippen LogP contribution in [0.2, 0.25) is 0 Å². The van der Waals surface area contributed by atoms with E-state index in [0.29, 0.717) is 11.0 Å². The maximum atomic E-state index is 15.1. The van der Waals surface area contributed by atoms with Gasteiger partial charge in [-0.25, -0.2) is 13.2 Å². The molecule has 0 aliphatic heterocycles. The molecular weight excluding hydrogens is 551 g/mol. The van der Waals surface area contributed by atoms with Crippen molar-refractivity contribution in [1.82, 2.24) is 9.88 Å². The Bertz CT molecular complexity index is 1650. The van der Waals surface area contributed by atoms with Crippen molar-refractivity contribution in [3.05, 3.63) is 123 Å². The van der Waals surface area contributed by atoms with Crippen molar-refractivity contribution in [3.63, 3.8) is 0 Å². The highest BCUT2D eigenvalue weighted by molar-refractivity contribution is 6.11. The Labute approximate surface area is 239 Å². The minimum absolute atomic E-state index is 0.0199. The maximum absolute atomic E-state index is 15.1. The van der Waals surface area contributed by atoms with Crippen LogP contribution in [-0.2, 0) is 11.2 Å². The van der Waals surface area contributed by atoms with E-state index < -0.39 is 52.3 Å². The SMILES string of the molecule is Cc1cc(C(=O)c2ccc(=O)n(-c3c(F)cc(OCCCNC(Cc4ccccc4)C(=O)O)cc3F)c2N)ccc1F. The molecule has 3 aromatic carbocycles. The summed E-state index contributed by atoms with van der Waals surface area (Å²) in [4.78, 5) is 37.2. The molecule has 1 aromatic heterocycles. The Morgan fingerprint density at radius 2 is 1.67 bits per heavy atom. The number of rotatable bonds is 12. The Hall–Kier alpha value is -4.90. The fraction of sp³-hybridized carbons (Fsp3) is 0.194. The van der Waals surface area contributed by atoms with E-state index in [1.54, 1.807) is 0 Å². The lowest BCUT2D eigenvalue weighted by Crippen LogP contribution is -2.39. The molecule has 218 valence electrons. The number of nitrogens with zero attached hydrogens (tertiary/aromatic N) is 1. The van der Waals surface area contributed by atoms with Crippen LogP contribution in [0.4, 0.5) is 19.0 Å². The molecular formula is C31H28F3N3O5. The van der Waals surface area contributed by atoms with Crippen molar-refractivity contribution in [3.8, 4) is 11.4 Å². The van der Waals surface area contributed by atoms with Crippen LogP contribution >= 0.6 is 0 Å². The molecule has 1 unspecified atom stereocenters. The molecule has 4 aromatic rings. The lowest BCUT2D eigenvalue weighted by Gasteiger charge is -2.16. The summed E-state index contributed by atoms with van der Waals surface area (Å²) in [6.45, 7) is 1.76. The average Bonchev–Trinajstić information content (AvgIpc) is 2.95. The molecule has 4 rings (SSSR count). The van der Waals surface area contributed by atoms with Crippen LogP contribution in [0.1, 0.15) is 33.5 Å².